The summed E-state index contributed by atoms with van der Waals surface area (Å²) in [6, 6.07) is 24.0. The molecule has 3 nitrogen and oxygen atoms in total. The quantitative estimate of drug-likeness (QED) is 0.595. The third-order valence-corrected chi connectivity index (χ3v) is 3.50. The molecule has 0 unspecified atom stereocenters. The first-order chi connectivity index (χ1) is 11.4. The highest BCUT2D eigenvalue weighted by atomic mass is 16.5. The highest BCUT2D eigenvalue weighted by molar-refractivity contribution is 5.75. The van der Waals surface area contributed by atoms with Gasteiger partial charge < -0.3 is 9.15 Å². The van der Waals surface area contributed by atoms with Crippen LogP contribution in [0.25, 0.3) is 0 Å². The zero-order chi connectivity index (χ0) is 15.7. The lowest BCUT2D eigenvalue weighted by Gasteiger charge is -2.13. The monoisotopic (exact) mass is 305 g/mol. The van der Waals surface area contributed by atoms with Crippen LogP contribution in [0.5, 0.6) is 0 Å². The summed E-state index contributed by atoms with van der Waals surface area (Å²) in [5, 5.41) is 0. The highest BCUT2D eigenvalue weighted by Gasteiger charge is 2.09. The molecule has 0 saturated heterocycles. The topological polar surface area (TPSA) is 34.7 Å². The van der Waals surface area contributed by atoms with Gasteiger partial charge in [0, 0.05) is 0 Å². The van der Waals surface area contributed by atoms with E-state index in [2.05, 4.69) is 29.3 Å². The maximum atomic E-state index is 5.86. The fourth-order valence-corrected chi connectivity index (χ4v) is 2.29. The van der Waals surface area contributed by atoms with Crippen molar-refractivity contribution in [1.29, 1.82) is 0 Å². The van der Waals surface area contributed by atoms with Crippen LogP contribution in [0.1, 0.15) is 22.9 Å². The molecule has 1 heterocycles. The smallest absolute Gasteiger partial charge is 0.144 e. The molecule has 0 bridgehead atoms. The van der Waals surface area contributed by atoms with Crippen molar-refractivity contribution in [3.63, 3.8) is 0 Å². The van der Waals surface area contributed by atoms with Gasteiger partial charge in [0.1, 0.15) is 5.76 Å². The number of aliphatic imine (C=N–C) groups is 1. The number of hydrogen-bond donors (Lipinski definition) is 0. The lowest BCUT2D eigenvalue weighted by atomic mass is 10.1. The molecule has 3 rings (SSSR count). The van der Waals surface area contributed by atoms with Crippen molar-refractivity contribution < 1.29 is 9.15 Å². The number of hydrogen-bond acceptors (Lipinski definition) is 3. The van der Waals surface area contributed by atoms with E-state index in [1.54, 1.807) is 12.5 Å². The fraction of sp³-hybridized carbons (Fsp3) is 0.150. The molecular weight excluding hydrogens is 286 g/mol. The van der Waals surface area contributed by atoms with Gasteiger partial charge in [0.05, 0.1) is 31.7 Å². The predicted octanol–water partition coefficient (Wildman–Crippen LogP) is 4.66. The fourth-order valence-electron chi connectivity index (χ4n) is 2.29. The maximum absolute atomic E-state index is 5.86. The van der Waals surface area contributed by atoms with Crippen LogP contribution in [0.3, 0.4) is 0 Å². The average Bonchev–Trinajstić information content (AvgIpc) is 3.13. The van der Waals surface area contributed by atoms with E-state index in [1.165, 1.54) is 0 Å². The minimum absolute atomic E-state index is 0.0509. The zero-order valence-electron chi connectivity index (χ0n) is 12.8. The zero-order valence-corrected chi connectivity index (χ0v) is 12.8. The highest BCUT2D eigenvalue weighted by Crippen LogP contribution is 2.18. The van der Waals surface area contributed by atoms with Crippen molar-refractivity contribution in [2.45, 2.75) is 12.6 Å². The molecule has 1 aromatic heterocycles. The molecule has 0 aliphatic rings. The Morgan fingerprint density at radius 2 is 1.65 bits per heavy atom. The molecule has 2 aromatic carbocycles. The Balaban J connectivity index is 1.65. The number of nitrogens with zero attached hydrogens (tertiary/aromatic N) is 1. The Kier molecular flexibility index (Phi) is 5.38. The molecule has 0 spiro atoms. The van der Waals surface area contributed by atoms with Gasteiger partial charge in [-0.1, -0.05) is 60.7 Å². The lowest BCUT2D eigenvalue weighted by Crippen LogP contribution is -2.06. The van der Waals surface area contributed by atoms with E-state index in [1.807, 2.05) is 48.5 Å². The Bertz CT molecular complexity index is 706. The molecule has 0 amide bonds. The third kappa shape index (κ3) is 4.66. The molecule has 3 aromatic rings. The molecule has 0 saturated carbocycles. The molecule has 0 aliphatic heterocycles. The van der Waals surface area contributed by atoms with Crippen LogP contribution in [-0.4, -0.2) is 12.8 Å². The SMILES string of the molecule is C(=N[C@@H](COCc1ccccc1)c1ccccc1)c1ccco1. The Hall–Kier alpha value is -2.65. The van der Waals surface area contributed by atoms with E-state index in [0.29, 0.717) is 13.2 Å². The van der Waals surface area contributed by atoms with Gasteiger partial charge in [0.2, 0.25) is 0 Å². The number of rotatable bonds is 7. The summed E-state index contributed by atoms with van der Waals surface area (Å²) in [6.07, 6.45) is 3.40. The molecule has 3 heteroatoms. The second kappa shape index (κ2) is 8.11. The summed E-state index contributed by atoms with van der Waals surface area (Å²) in [6.45, 7) is 1.11. The third-order valence-electron chi connectivity index (χ3n) is 3.50. The van der Waals surface area contributed by atoms with Crippen molar-refractivity contribution in [3.05, 3.63) is 95.9 Å². The maximum Gasteiger partial charge on any atom is 0.144 e. The van der Waals surface area contributed by atoms with Crippen molar-refractivity contribution in [2.75, 3.05) is 6.61 Å². The summed E-state index contributed by atoms with van der Waals surface area (Å²) >= 11 is 0. The molecule has 1 atom stereocenters. The first-order valence-corrected chi connectivity index (χ1v) is 7.65. The molecule has 0 fully saturated rings. The van der Waals surface area contributed by atoms with Crippen LogP contribution in [0, 0.1) is 0 Å². The Morgan fingerprint density at radius 3 is 2.35 bits per heavy atom. The van der Waals surface area contributed by atoms with E-state index < -0.39 is 0 Å². The van der Waals surface area contributed by atoms with Crippen LogP contribution in [-0.2, 0) is 11.3 Å². The summed E-state index contributed by atoms with van der Waals surface area (Å²) in [7, 11) is 0. The van der Waals surface area contributed by atoms with E-state index in [9.17, 15) is 0 Å². The summed E-state index contributed by atoms with van der Waals surface area (Å²) in [5.74, 6) is 0.744. The first kappa shape index (κ1) is 15.3. The van der Waals surface area contributed by atoms with Crippen molar-refractivity contribution in [2.24, 2.45) is 4.99 Å². The molecule has 0 radical (unpaired) electrons. The molecular formula is C20H19NO2. The minimum Gasteiger partial charge on any atom is -0.463 e. The Morgan fingerprint density at radius 1 is 0.913 bits per heavy atom. The Labute approximate surface area is 136 Å². The van der Waals surface area contributed by atoms with Gasteiger partial charge >= 0.3 is 0 Å². The summed E-state index contributed by atoms with van der Waals surface area (Å²) < 4.78 is 11.2. The summed E-state index contributed by atoms with van der Waals surface area (Å²) in [5.41, 5.74) is 2.29. The lowest BCUT2D eigenvalue weighted by molar-refractivity contribution is 0.108. The van der Waals surface area contributed by atoms with Crippen molar-refractivity contribution in [1.82, 2.24) is 0 Å². The molecule has 0 N–H and O–H groups in total. The van der Waals surface area contributed by atoms with Crippen molar-refractivity contribution >= 4 is 6.21 Å². The van der Waals surface area contributed by atoms with Gasteiger partial charge in [0.25, 0.3) is 0 Å². The van der Waals surface area contributed by atoms with E-state index in [4.69, 9.17) is 9.15 Å². The number of furan rings is 1. The molecule has 116 valence electrons. The van der Waals surface area contributed by atoms with Crippen LogP contribution in [0.4, 0.5) is 0 Å². The standard InChI is InChI=1S/C20H19NO2/c1-3-8-17(9-4-1)15-22-16-20(18-10-5-2-6-11-18)21-14-19-12-7-13-23-19/h1-14,20H,15-16H2/t20-/m0/s1. The number of benzene rings is 2. The largest absolute Gasteiger partial charge is 0.463 e. The first-order valence-electron chi connectivity index (χ1n) is 7.65. The summed E-state index contributed by atoms with van der Waals surface area (Å²) in [4.78, 5) is 4.62. The molecule has 23 heavy (non-hydrogen) atoms. The second-order valence-corrected chi connectivity index (χ2v) is 5.22. The van der Waals surface area contributed by atoms with Gasteiger partial charge in [-0.05, 0) is 23.3 Å². The minimum atomic E-state index is -0.0509. The van der Waals surface area contributed by atoms with Gasteiger partial charge in [-0.25, -0.2) is 0 Å². The number of ether oxygens (including phenoxy) is 1. The average molecular weight is 305 g/mol. The second-order valence-electron chi connectivity index (χ2n) is 5.22. The normalized spacial score (nSPS) is 12.5. The van der Waals surface area contributed by atoms with E-state index in [0.717, 1.165) is 16.9 Å². The van der Waals surface area contributed by atoms with Crippen LogP contribution in [0.2, 0.25) is 0 Å². The van der Waals surface area contributed by atoms with Gasteiger partial charge in [-0.15, -0.1) is 0 Å². The van der Waals surface area contributed by atoms with Crippen LogP contribution in [0.15, 0.2) is 88.5 Å². The van der Waals surface area contributed by atoms with Gasteiger partial charge in [-0.3, -0.25) is 4.99 Å². The van der Waals surface area contributed by atoms with Gasteiger partial charge in [-0.2, -0.15) is 0 Å². The van der Waals surface area contributed by atoms with E-state index in [-0.39, 0.29) is 6.04 Å². The van der Waals surface area contributed by atoms with E-state index >= 15 is 0 Å². The predicted molar refractivity (Wildman–Crippen MR) is 91.6 cm³/mol. The van der Waals surface area contributed by atoms with Crippen LogP contribution < -0.4 is 0 Å². The van der Waals surface area contributed by atoms with Gasteiger partial charge in [0.15, 0.2) is 0 Å². The van der Waals surface area contributed by atoms with Crippen molar-refractivity contribution in [3.8, 4) is 0 Å². The van der Waals surface area contributed by atoms with Crippen LogP contribution >= 0.6 is 0 Å². The molecule has 0 aliphatic carbocycles.